The van der Waals surface area contributed by atoms with Crippen molar-refractivity contribution in [2.75, 3.05) is 9.67 Å². The Kier molecular flexibility index (Phi) is 3.16. The van der Waals surface area contributed by atoms with Crippen LogP contribution in [0.5, 0.6) is 0 Å². The molecule has 5 nitrogen and oxygen atoms in total. The van der Waals surface area contributed by atoms with Gasteiger partial charge in [0.1, 0.15) is 0 Å². The predicted octanol–water partition coefficient (Wildman–Crippen LogP) is 2.73. The summed E-state index contributed by atoms with van der Waals surface area (Å²) in [5.74, 6) is 0. The lowest BCUT2D eigenvalue weighted by Gasteiger charge is -2.01. The number of non-ortho nitro benzene ring substituents is 1. The number of halogens is 2. The fourth-order valence-corrected chi connectivity index (χ4v) is 1.04. The molecule has 0 atom stereocenters. The van der Waals surface area contributed by atoms with Crippen molar-refractivity contribution in [3.63, 3.8) is 0 Å². The van der Waals surface area contributed by atoms with E-state index in [1.165, 1.54) is 18.2 Å². The summed E-state index contributed by atoms with van der Waals surface area (Å²) in [6.07, 6.45) is 0. The van der Waals surface area contributed by atoms with Crippen molar-refractivity contribution in [2.45, 2.75) is 0 Å². The number of nitro benzene ring substituents is 1. The van der Waals surface area contributed by atoms with E-state index in [0.717, 1.165) is 0 Å². The maximum Gasteiger partial charge on any atom is 0.273 e. The number of hydrogen-bond acceptors (Lipinski definition) is 4. The first-order valence-corrected chi connectivity index (χ1v) is 3.95. The zero-order valence-electron chi connectivity index (χ0n) is 6.25. The number of nitrogens with one attached hydrogen (secondary N) is 2. The Hall–Kier alpha value is -1.20. The van der Waals surface area contributed by atoms with Gasteiger partial charge >= 0.3 is 0 Å². The van der Waals surface area contributed by atoms with E-state index in [1.807, 2.05) is 0 Å². The molecule has 1 rings (SSSR count). The van der Waals surface area contributed by atoms with E-state index in [1.54, 1.807) is 0 Å². The molecule has 0 amide bonds. The molecule has 0 aliphatic carbocycles. The first-order valence-electron chi connectivity index (χ1n) is 3.20. The van der Waals surface area contributed by atoms with Gasteiger partial charge in [-0.05, 0) is 6.07 Å². The zero-order chi connectivity index (χ0) is 9.84. The molecular formula is C6H5Cl2N3O2. The van der Waals surface area contributed by atoms with Crippen LogP contribution < -0.4 is 9.67 Å². The van der Waals surface area contributed by atoms with Gasteiger partial charge in [-0.15, -0.1) is 0 Å². The molecule has 1 aromatic rings. The molecule has 0 unspecified atom stereocenters. The average molecular weight is 222 g/mol. The Morgan fingerprint density at radius 1 is 1.15 bits per heavy atom. The monoisotopic (exact) mass is 221 g/mol. The SMILES string of the molecule is O=[N+]([O-])c1cc(NCl)cc(NCl)c1. The highest BCUT2D eigenvalue weighted by Crippen LogP contribution is 2.24. The summed E-state index contributed by atoms with van der Waals surface area (Å²) in [4.78, 5) is 14.4. The second kappa shape index (κ2) is 4.15. The van der Waals surface area contributed by atoms with Crippen LogP contribution in [-0.2, 0) is 0 Å². The summed E-state index contributed by atoms with van der Waals surface area (Å²) < 4.78 is 0. The van der Waals surface area contributed by atoms with Gasteiger partial charge in [-0.25, -0.2) is 0 Å². The molecule has 1 aromatic carbocycles. The van der Waals surface area contributed by atoms with E-state index in [0.29, 0.717) is 11.4 Å². The molecule has 0 fully saturated rings. The molecule has 2 N–H and O–H groups in total. The number of benzene rings is 1. The quantitative estimate of drug-likeness (QED) is 0.468. The third-order valence-corrected chi connectivity index (χ3v) is 1.78. The lowest BCUT2D eigenvalue weighted by molar-refractivity contribution is -0.384. The molecule has 0 aliphatic heterocycles. The largest absolute Gasteiger partial charge is 0.298 e. The van der Waals surface area contributed by atoms with Gasteiger partial charge in [0.15, 0.2) is 0 Å². The molecule has 0 saturated heterocycles. The molecule has 7 heteroatoms. The van der Waals surface area contributed by atoms with E-state index in [-0.39, 0.29) is 5.69 Å². The summed E-state index contributed by atoms with van der Waals surface area (Å²) in [7, 11) is 0. The zero-order valence-corrected chi connectivity index (χ0v) is 7.76. The number of rotatable bonds is 3. The first-order chi connectivity index (χ1) is 6.17. The van der Waals surface area contributed by atoms with Crippen molar-refractivity contribution in [1.82, 2.24) is 0 Å². The van der Waals surface area contributed by atoms with Crippen molar-refractivity contribution >= 4 is 40.6 Å². The molecule has 0 radical (unpaired) electrons. The minimum atomic E-state index is -0.532. The molecule has 70 valence electrons. The van der Waals surface area contributed by atoms with Crippen LogP contribution in [0.15, 0.2) is 18.2 Å². The molecule has 13 heavy (non-hydrogen) atoms. The Morgan fingerprint density at radius 3 is 1.92 bits per heavy atom. The smallest absolute Gasteiger partial charge is 0.273 e. The van der Waals surface area contributed by atoms with E-state index in [4.69, 9.17) is 23.6 Å². The Morgan fingerprint density at radius 2 is 1.62 bits per heavy atom. The second-order valence-corrected chi connectivity index (χ2v) is 2.59. The van der Waals surface area contributed by atoms with E-state index < -0.39 is 4.92 Å². The number of nitrogens with zero attached hydrogens (tertiary/aromatic N) is 1. The topological polar surface area (TPSA) is 67.2 Å². The van der Waals surface area contributed by atoms with Crippen LogP contribution in [0.3, 0.4) is 0 Å². The second-order valence-electron chi connectivity index (χ2n) is 2.21. The normalized spacial score (nSPS) is 9.38. The Labute approximate surface area is 84.0 Å². The number of nitro groups is 1. The van der Waals surface area contributed by atoms with E-state index in [9.17, 15) is 10.1 Å². The van der Waals surface area contributed by atoms with E-state index >= 15 is 0 Å². The van der Waals surface area contributed by atoms with Crippen LogP contribution in [0.1, 0.15) is 0 Å². The predicted molar refractivity (Wildman–Crippen MR) is 52.0 cm³/mol. The van der Waals surface area contributed by atoms with Crippen molar-refractivity contribution in [2.24, 2.45) is 0 Å². The minimum absolute atomic E-state index is 0.0891. The van der Waals surface area contributed by atoms with Crippen LogP contribution in [0.2, 0.25) is 0 Å². The van der Waals surface area contributed by atoms with Gasteiger partial charge in [-0.2, -0.15) is 0 Å². The lowest BCUT2D eigenvalue weighted by atomic mass is 10.2. The molecule has 0 spiro atoms. The first kappa shape index (κ1) is 9.88. The number of hydrogen-bond donors (Lipinski definition) is 2. The molecular weight excluding hydrogens is 217 g/mol. The molecule has 0 aliphatic rings. The van der Waals surface area contributed by atoms with Crippen LogP contribution in [-0.4, -0.2) is 4.92 Å². The highest BCUT2D eigenvalue weighted by atomic mass is 35.5. The van der Waals surface area contributed by atoms with Crippen LogP contribution in [0.4, 0.5) is 17.1 Å². The summed E-state index contributed by atoms with van der Waals surface area (Å²) in [6.45, 7) is 0. The third-order valence-electron chi connectivity index (χ3n) is 1.35. The van der Waals surface area contributed by atoms with Gasteiger partial charge in [0.25, 0.3) is 5.69 Å². The van der Waals surface area contributed by atoms with Gasteiger partial charge in [-0.1, -0.05) is 0 Å². The van der Waals surface area contributed by atoms with Crippen LogP contribution >= 0.6 is 23.6 Å². The number of anilines is 2. The fourth-order valence-electron chi connectivity index (χ4n) is 0.826. The minimum Gasteiger partial charge on any atom is -0.298 e. The Bertz CT molecular complexity index is 309. The van der Waals surface area contributed by atoms with Gasteiger partial charge in [0.05, 0.1) is 16.3 Å². The summed E-state index contributed by atoms with van der Waals surface area (Å²) in [5.41, 5.74) is 0.715. The Balaban J connectivity index is 3.14. The highest BCUT2D eigenvalue weighted by molar-refractivity contribution is 6.25. The van der Waals surface area contributed by atoms with Gasteiger partial charge < -0.3 is 0 Å². The van der Waals surface area contributed by atoms with Crippen LogP contribution in [0.25, 0.3) is 0 Å². The lowest BCUT2D eigenvalue weighted by Crippen LogP contribution is -1.91. The molecule has 0 aromatic heterocycles. The van der Waals surface area contributed by atoms with Crippen molar-refractivity contribution in [1.29, 1.82) is 0 Å². The maximum atomic E-state index is 10.4. The maximum absolute atomic E-state index is 10.4. The third kappa shape index (κ3) is 2.37. The van der Waals surface area contributed by atoms with Crippen LogP contribution in [0, 0.1) is 10.1 Å². The van der Waals surface area contributed by atoms with Crippen molar-refractivity contribution < 1.29 is 4.92 Å². The van der Waals surface area contributed by atoms with Gasteiger partial charge in [-0.3, -0.25) is 19.8 Å². The highest BCUT2D eigenvalue weighted by Gasteiger charge is 2.08. The summed E-state index contributed by atoms with van der Waals surface area (Å²) in [6, 6.07) is 4.13. The van der Waals surface area contributed by atoms with Gasteiger partial charge in [0.2, 0.25) is 0 Å². The standard InChI is InChI=1S/C6H5Cl2N3O2/c7-9-4-1-5(10-8)3-6(2-4)11(12)13/h1-3,9-10H. The molecule has 0 heterocycles. The van der Waals surface area contributed by atoms with Crippen molar-refractivity contribution in [3.8, 4) is 0 Å². The average Bonchev–Trinajstić information content (AvgIpc) is 2.16. The molecule has 0 bridgehead atoms. The van der Waals surface area contributed by atoms with E-state index in [2.05, 4.69) is 9.67 Å². The van der Waals surface area contributed by atoms with Gasteiger partial charge in [0, 0.05) is 35.7 Å². The fraction of sp³-hybridized carbons (Fsp3) is 0. The summed E-state index contributed by atoms with van der Waals surface area (Å²) in [5, 5.41) is 10.4. The summed E-state index contributed by atoms with van der Waals surface area (Å²) >= 11 is 10.6. The van der Waals surface area contributed by atoms with Crippen molar-refractivity contribution in [3.05, 3.63) is 28.3 Å². The molecule has 0 saturated carbocycles.